The average Bonchev–Trinajstić information content (AvgIpc) is 3.12. The van der Waals surface area contributed by atoms with E-state index in [-0.39, 0.29) is 18.3 Å². The number of hydrogen-bond acceptors (Lipinski definition) is 5. The van der Waals surface area contributed by atoms with Crippen LogP contribution in [0.5, 0.6) is 5.75 Å². The van der Waals surface area contributed by atoms with Gasteiger partial charge in [0.25, 0.3) is 0 Å². The van der Waals surface area contributed by atoms with Gasteiger partial charge in [0.15, 0.2) is 5.16 Å². The number of thioether (sulfide) groups is 1. The number of carbonyl (C=O) groups is 1. The molecule has 0 bridgehead atoms. The molecular formula is C22H25N3O3S. The number of benzene rings is 2. The van der Waals surface area contributed by atoms with Gasteiger partial charge in [-0.3, -0.25) is 4.79 Å². The molecule has 0 unspecified atom stereocenters. The molecule has 0 saturated heterocycles. The zero-order valence-electron chi connectivity index (χ0n) is 16.6. The third kappa shape index (κ3) is 5.85. The van der Waals surface area contributed by atoms with Crippen LogP contribution in [-0.2, 0) is 17.9 Å². The standard InChI is InChI=1S/C22H25N3O3S/c1-3-28-20-7-5-4-6-19(20)24-21(27)15-29-22-23-18(14-26)13-25(22)12-17-10-8-16(2)9-11-17/h4-11,13,26H,3,12,14-15H2,1-2H3,(H,24,27). The van der Waals surface area contributed by atoms with Crippen LogP contribution in [0.4, 0.5) is 5.69 Å². The number of rotatable bonds is 9. The molecule has 152 valence electrons. The Hall–Kier alpha value is -2.77. The smallest absolute Gasteiger partial charge is 0.234 e. The predicted octanol–water partition coefficient (Wildman–Crippen LogP) is 3.86. The molecule has 7 heteroatoms. The SMILES string of the molecule is CCOc1ccccc1NC(=O)CSc1nc(CO)cn1Cc1ccc(C)cc1. The van der Waals surface area contributed by atoms with Crippen LogP contribution in [0, 0.1) is 6.92 Å². The molecule has 0 aliphatic carbocycles. The Morgan fingerprint density at radius 3 is 2.69 bits per heavy atom. The molecular weight excluding hydrogens is 386 g/mol. The highest BCUT2D eigenvalue weighted by Gasteiger charge is 2.13. The van der Waals surface area contributed by atoms with E-state index >= 15 is 0 Å². The van der Waals surface area contributed by atoms with Crippen molar-refractivity contribution in [3.05, 3.63) is 71.5 Å². The summed E-state index contributed by atoms with van der Waals surface area (Å²) in [5.41, 5.74) is 3.57. The van der Waals surface area contributed by atoms with Gasteiger partial charge in [-0.05, 0) is 31.5 Å². The molecule has 0 radical (unpaired) electrons. The summed E-state index contributed by atoms with van der Waals surface area (Å²) in [6.07, 6.45) is 1.82. The molecule has 29 heavy (non-hydrogen) atoms. The van der Waals surface area contributed by atoms with Gasteiger partial charge in [0, 0.05) is 12.7 Å². The lowest BCUT2D eigenvalue weighted by atomic mass is 10.1. The van der Waals surface area contributed by atoms with Crippen LogP contribution >= 0.6 is 11.8 Å². The van der Waals surface area contributed by atoms with E-state index < -0.39 is 0 Å². The van der Waals surface area contributed by atoms with Crippen molar-refractivity contribution in [3.8, 4) is 5.75 Å². The van der Waals surface area contributed by atoms with Crippen LogP contribution in [-0.4, -0.2) is 32.9 Å². The molecule has 2 N–H and O–H groups in total. The fourth-order valence-electron chi connectivity index (χ4n) is 2.81. The summed E-state index contributed by atoms with van der Waals surface area (Å²) in [7, 11) is 0. The van der Waals surface area contributed by atoms with Gasteiger partial charge < -0.3 is 19.7 Å². The van der Waals surface area contributed by atoms with Crippen molar-refractivity contribution in [2.24, 2.45) is 0 Å². The molecule has 0 saturated carbocycles. The molecule has 0 aliphatic heterocycles. The number of aliphatic hydroxyl groups excluding tert-OH is 1. The van der Waals surface area contributed by atoms with E-state index in [4.69, 9.17) is 4.74 Å². The minimum Gasteiger partial charge on any atom is -0.492 e. The van der Waals surface area contributed by atoms with Crippen molar-refractivity contribution >= 4 is 23.4 Å². The fraction of sp³-hybridized carbons (Fsp3) is 0.273. The second kappa shape index (κ2) is 10.1. The summed E-state index contributed by atoms with van der Waals surface area (Å²) in [6.45, 7) is 4.98. The lowest BCUT2D eigenvalue weighted by Crippen LogP contribution is -2.15. The number of anilines is 1. The number of para-hydroxylation sites is 2. The number of aryl methyl sites for hydroxylation is 1. The number of imidazole rings is 1. The maximum Gasteiger partial charge on any atom is 0.234 e. The Bertz CT molecular complexity index is 954. The maximum absolute atomic E-state index is 12.5. The van der Waals surface area contributed by atoms with Crippen molar-refractivity contribution in [3.63, 3.8) is 0 Å². The molecule has 0 fully saturated rings. The highest BCUT2D eigenvalue weighted by atomic mass is 32.2. The topological polar surface area (TPSA) is 76.4 Å². The van der Waals surface area contributed by atoms with Crippen LogP contribution in [0.15, 0.2) is 59.9 Å². The van der Waals surface area contributed by atoms with Gasteiger partial charge in [0.05, 0.1) is 30.3 Å². The van der Waals surface area contributed by atoms with Crippen molar-refractivity contribution in [1.29, 1.82) is 0 Å². The molecule has 0 aliphatic rings. The first kappa shape index (κ1) is 21.0. The van der Waals surface area contributed by atoms with Crippen LogP contribution in [0.3, 0.4) is 0 Å². The van der Waals surface area contributed by atoms with Gasteiger partial charge in [0.1, 0.15) is 5.75 Å². The second-order valence-electron chi connectivity index (χ2n) is 6.55. The highest BCUT2D eigenvalue weighted by Crippen LogP contribution is 2.25. The van der Waals surface area contributed by atoms with Gasteiger partial charge in [-0.25, -0.2) is 4.98 Å². The summed E-state index contributed by atoms with van der Waals surface area (Å²) >= 11 is 1.34. The molecule has 1 aromatic heterocycles. The van der Waals surface area contributed by atoms with Crippen molar-refractivity contribution in [2.45, 2.75) is 32.2 Å². The number of carbonyl (C=O) groups excluding carboxylic acids is 1. The van der Waals surface area contributed by atoms with Crippen LogP contribution < -0.4 is 10.1 Å². The van der Waals surface area contributed by atoms with E-state index in [1.165, 1.54) is 17.3 Å². The fourth-order valence-corrected chi connectivity index (χ4v) is 3.61. The lowest BCUT2D eigenvalue weighted by Gasteiger charge is -2.11. The first-order valence-corrected chi connectivity index (χ1v) is 10.4. The van der Waals surface area contributed by atoms with E-state index in [9.17, 15) is 9.90 Å². The van der Waals surface area contributed by atoms with Crippen LogP contribution in [0.1, 0.15) is 23.7 Å². The molecule has 1 heterocycles. The second-order valence-corrected chi connectivity index (χ2v) is 7.49. The Morgan fingerprint density at radius 1 is 1.21 bits per heavy atom. The quantitative estimate of drug-likeness (QED) is 0.523. The molecule has 3 aromatic rings. The molecule has 6 nitrogen and oxygen atoms in total. The summed E-state index contributed by atoms with van der Waals surface area (Å²) in [6, 6.07) is 15.6. The third-order valence-electron chi connectivity index (χ3n) is 4.22. The Balaban J connectivity index is 1.66. The third-order valence-corrected chi connectivity index (χ3v) is 5.21. The summed E-state index contributed by atoms with van der Waals surface area (Å²) < 4.78 is 7.51. The first-order valence-electron chi connectivity index (χ1n) is 9.46. The van der Waals surface area contributed by atoms with Gasteiger partial charge in [-0.2, -0.15) is 0 Å². The van der Waals surface area contributed by atoms with Crippen molar-refractivity contribution in [2.75, 3.05) is 17.7 Å². The van der Waals surface area contributed by atoms with Gasteiger partial charge in [-0.15, -0.1) is 0 Å². The minimum atomic E-state index is -0.141. The van der Waals surface area contributed by atoms with Crippen LogP contribution in [0.2, 0.25) is 0 Å². The minimum absolute atomic E-state index is 0.137. The lowest BCUT2D eigenvalue weighted by molar-refractivity contribution is -0.113. The normalized spacial score (nSPS) is 10.7. The summed E-state index contributed by atoms with van der Waals surface area (Å²) in [5, 5.41) is 13.0. The molecule has 0 spiro atoms. The van der Waals surface area contributed by atoms with E-state index in [0.29, 0.717) is 35.4 Å². The Kier molecular flexibility index (Phi) is 7.32. The van der Waals surface area contributed by atoms with Gasteiger partial charge >= 0.3 is 0 Å². The van der Waals surface area contributed by atoms with Gasteiger partial charge in [-0.1, -0.05) is 53.7 Å². The van der Waals surface area contributed by atoms with E-state index in [0.717, 1.165) is 5.56 Å². The van der Waals surface area contributed by atoms with E-state index in [1.54, 1.807) is 0 Å². The Labute approximate surface area is 174 Å². The van der Waals surface area contributed by atoms with Crippen molar-refractivity contribution in [1.82, 2.24) is 9.55 Å². The van der Waals surface area contributed by atoms with Crippen LogP contribution in [0.25, 0.3) is 0 Å². The predicted molar refractivity (Wildman–Crippen MR) is 115 cm³/mol. The Morgan fingerprint density at radius 2 is 1.97 bits per heavy atom. The number of ether oxygens (including phenoxy) is 1. The molecule has 2 aromatic carbocycles. The van der Waals surface area contributed by atoms with E-state index in [2.05, 4.69) is 41.5 Å². The molecule has 3 rings (SSSR count). The van der Waals surface area contributed by atoms with Crippen molar-refractivity contribution < 1.29 is 14.6 Å². The number of nitrogens with zero attached hydrogens (tertiary/aromatic N) is 2. The zero-order chi connectivity index (χ0) is 20.6. The average molecular weight is 412 g/mol. The number of aromatic nitrogens is 2. The number of nitrogens with one attached hydrogen (secondary N) is 1. The maximum atomic E-state index is 12.5. The monoisotopic (exact) mass is 411 g/mol. The zero-order valence-corrected chi connectivity index (χ0v) is 17.4. The van der Waals surface area contributed by atoms with E-state index in [1.807, 2.05) is 42.0 Å². The summed E-state index contributed by atoms with van der Waals surface area (Å²) in [5.74, 6) is 0.713. The molecule has 0 atom stereocenters. The van der Waals surface area contributed by atoms with Gasteiger partial charge in [0.2, 0.25) is 5.91 Å². The number of aliphatic hydroxyl groups is 1. The largest absolute Gasteiger partial charge is 0.492 e. The number of amides is 1. The first-order chi connectivity index (χ1) is 14.1. The highest BCUT2D eigenvalue weighted by molar-refractivity contribution is 7.99. The number of hydrogen-bond donors (Lipinski definition) is 2. The molecule has 1 amide bonds. The summed E-state index contributed by atoms with van der Waals surface area (Å²) in [4.78, 5) is 16.9.